The molecule has 0 aromatic heterocycles. The molecular formula is C35H54O15. The number of ether oxygens (including phenoxy) is 5. The molecule has 0 unspecified atom stereocenters. The Balaban J connectivity index is 1.01. The number of hydrogen-bond donors (Lipinski definition) is 9. The molecule has 50 heavy (non-hydrogen) atoms. The largest absolute Gasteiger partial charge is 0.458 e. The number of carbonyl (C=O) groups excluding carboxylic acids is 1. The van der Waals surface area contributed by atoms with E-state index in [-0.39, 0.29) is 43.0 Å². The summed E-state index contributed by atoms with van der Waals surface area (Å²) < 4.78 is 28.6. The Bertz CT molecular complexity index is 1300. The van der Waals surface area contributed by atoms with Crippen molar-refractivity contribution in [3.05, 3.63) is 11.6 Å². The monoisotopic (exact) mass is 714 g/mol. The summed E-state index contributed by atoms with van der Waals surface area (Å²) in [5.41, 5.74) is -1.75. The van der Waals surface area contributed by atoms with Gasteiger partial charge in [-0.3, -0.25) is 0 Å². The van der Waals surface area contributed by atoms with E-state index in [2.05, 4.69) is 0 Å². The summed E-state index contributed by atoms with van der Waals surface area (Å²) in [4.78, 5) is 11.9. The average molecular weight is 715 g/mol. The smallest absolute Gasteiger partial charge is 0.331 e. The van der Waals surface area contributed by atoms with Crippen molar-refractivity contribution in [1.29, 1.82) is 0 Å². The molecule has 284 valence electrons. The van der Waals surface area contributed by atoms with Crippen molar-refractivity contribution in [2.75, 3.05) is 19.8 Å². The molecule has 6 fully saturated rings. The Morgan fingerprint density at radius 3 is 2.24 bits per heavy atom. The van der Waals surface area contributed by atoms with Crippen LogP contribution in [-0.4, -0.2) is 151 Å². The molecule has 0 radical (unpaired) electrons. The molecule has 4 aliphatic carbocycles. The number of rotatable bonds is 7. The van der Waals surface area contributed by atoms with Crippen LogP contribution in [0.15, 0.2) is 11.6 Å². The normalized spacial score (nSPS) is 55.1. The fourth-order valence-electron chi connectivity index (χ4n) is 11.4. The van der Waals surface area contributed by atoms with Gasteiger partial charge in [-0.2, -0.15) is 0 Å². The molecule has 0 bridgehead atoms. The van der Waals surface area contributed by atoms with Crippen LogP contribution >= 0.6 is 0 Å². The summed E-state index contributed by atoms with van der Waals surface area (Å²) in [5.74, 6) is -0.826. The standard InChI is InChI=1S/C35H54O15/c1-15-30(50-32-28(43)26(41)25(40)22(12-36)49-32)27(42)29(44)31(47-15)48-18-5-7-34(14-37)17(10-18)3-4-20-21(34)11-23(38)33(2)19(6-8-35(20,33)45)16-9-24(39)46-13-16/h9,15,17-23,25-32,36-38,40-45H,3-8,10-14H2,1-2H3/t15-,17+,18+,19-,20-,21+,22-,23-,25-,26+,27+,28-,29-,30-,31+,32+,33+,34-,35+/m1/s1. The first-order valence-corrected chi connectivity index (χ1v) is 18.2. The van der Waals surface area contributed by atoms with E-state index in [1.54, 1.807) is 6.92 Å². The summed E-state index contributed by atoms with van der Waals surface area (Å²) in [6.45, 7) is 2.97. The lowest BCUT2D eigenvalue weighted by atomic mass is 9.42. The van der Waals surface area contributed by atoms with Gasteiger partial charge >= 0.3 is 5.97 Å². The molecule has 4 saturated carbocycles. The van der Waals surface area contributed by atoms with E-state index in [1.165, 1.54) is 6.08 Å². The first-order chi connectivity index (χ1) is 23.7. The highest BCUT2D eigenvalue weighted by molar-refractivity contribution is 5.85. The molecule has 3 heterocycles. The molecule has 15 nitrogen and oxygen atoms in total. The Kier molecular flexibility index (Phi) is 10.0. The van der Waals surface area contributed by atoms with Crippen LogP contribution in [0.5, 0.6) is 0 Å². The predicted molar refractivity (Wildman–Crippen MR) is 168 cm³/mol. The summed E-state index contributed by atoms with van der Waals surface area (Å²) in [7, 11) is 0. The summed E-state index contributed by atoms with van der Waals surface area (Å²) >= 11 is 0. The molecule has 3 aliphatic heterocycles. The van der Waals surface area contributed by atoms with E-state index >= 15 is 0 Å². The number of aliphatic hydroxyl groups excluding tert-OH is 8. The Labute approximate surface area is 290 Å². The lowest BCUT2D eigenvalue weighted by molar-refractivity contribution is -0.360. The summed E-state index contributed by atoms with van der Waals surface area (Å²) in [5, 5.41) is 97.6. The zero-order chi connectivity index (χ0) is 35.9. The van der Waals surface area contributed by atoms with E-state index < -0.39 is 96.5 Å². The van der Waals surface area contributed by atoms with Crippen LogP contribution in [-0.2, 0) is 28.5 Å². The molecule has 0 amide bonds. The van der Waals surface area contributed by atoms with Gasteiger partial charge in [-0.1, -0.05) is 6.92 Å². The fourth-order valence-corrected chi connectivity index (χ4v) is 11.4. The van der Waals surface area contributed by atoms with Crippen molar-refractivity contribution < 1.29 is 74.4 Å². The molecule has 0 spiro atoms. The van der Waals surface area contributed by atoms with Crippen LogP contribution in [0.25, 0.3) is 0 Å². The van der Waals surface area contributed by atoms with Crippen molar-refractivity contribution >= 4 is 5.97 Å². The fraction of sp³-hybridized carbons (Fsp3) is 0.914. The maximum absolute atomic E-state index is 12.5. The zero-order valence-corrected chi connectivity index (χ0v) is 28.6. The molecule has 2 saturated heterocycles. The third-order valence-corrected chi connectivity index (χ3v) is 14.3. The van der Waals surface area contributed by atoms with Gasteiger partial charge < -0.3 is 69.6 Å². The molecule has 15 heteroatoms. The van der Waals surface area contributed by atoms with Crippen LogP contribution < -0.4 is 0 Å². The number of esters is 1. The highest BCUT2D eigenvalue weighted by Crippen LogP contribution is 2.70. The van der Waals surface area contributed by atoms with Gasteiger partial charge in [-0.15, -0.1) is 0 Å². The van der Waals surface area contributed by atoms with Gasteiger partial charge in [0.1, 0.15) is 49.3 Å². The lowest BCUT2D eigenvalue weighted by Gasteiger charge is -2.65. The van der Waals surface area contributed by atoms with Crippen LogP contribution in [0.1, 0.15) is 65.2 Å². The topological polar surface area (TPSA) is 245 Å². The molecule has 19 atom stereocenters. The van der Waals surface area contributed by atoms with Crippen molar-refractivity contribution in [3.63, 3.8) is 0 Å². The number of carbonyl (C=O) groups is 1. The van der Waals surface area contributed by atoms with Gasteiger partial charge in [0.05, 0.1) is 30.5 Å². The van der Waals surface area contributed by atoms with Crippen molar-refractivity contribution in [3.8, 4) is 0 Å². The second kappa shape index (κ2) is 13.5. The predicted octanol–water partition coefficient (Wildman–Crippen LogP) is -1.78. The molecule has 0 aromatic carbocycles. The second-order valence-electron chi connectivity index (χ2n) is 16.3. The maximum atomic E-state index is 12.5. The lowest BCUT2D eigenvalue weighted by Crippen LogP contribution is -2.68. The Morgan fingerprint density at radius 2 is 1.56 bits per heavy atom. The SMILES string of the molecule is C[C@H]1O[C@@H](O[C@H]2CC[C@@]3(CO)[C@@H](CC[C@@H]4[C@@H]3C[C@@H](O)[C@]3(C)[C@@H](C5=CC(=O)OC5)CC[C@]43O)C2)[C@H](O)[C@H](O)[C@@H]1O[C@@H]1O[C@H](CO)[C@@H](O)[C@H](O)[C@H]1O. The highest BCUT2D eigenvalue weighted by atomic mass is 16.7. The Morgan fingerprint density at radius 1 is 0.840 bits per heavy atom. The minimum absolute atomic E-state index is 0.0127. The van der Waals surface area contributed by atoms with Gasteiger partial charge in [0.15, 0.2) is 12.6 Å². The highest BCUT2D eigenvalue weighted by Gasteiger charge is 2.71. The molecular weight excluding hydrogens is 660 g/mol. The van der Waals surface area contributed by atoms with Gasteiger partial charge in [0.25, 0.3) is 0 Å². The van der Waals surface area contributed by atoms with Crippen LogP contribution in [0.4, 0.5) is 0 Å². The molecule has 7 rings (SSSR count). The first-order valence-electron chi connectivity index (χ1n) is 18.2. The van der Waals surface area contributed by atoms with E-state index in [1.807, 2.05) is 6.92 Å². The Hall–Kier alpha value is -1.31. The minimum atomic E-state index is -1.69. The van der Waals surface area contributed by atoms with Gasteiger partial charge in [-0.05, 0) is 93.0 Å². The molecule has 7 aliphatic rings. The van der Waals surface area contributed by atoms with E-state index in [0.717, 1.165) is 12.0 Å². The number of cyclic esters (lactones) is 1. The van der Waals surface area contributed by atoms with Crippen LogP contribution in [0.2, 0.25) is 0 Å². The van der Waals surface area contributed by atoms with Gasteiger partial charge in [-0.25, -0.2) is 4.79 Å². The first kappa shape index (κ1) is 37.0. The zero-order valence-electron chi connectivity index (χ0n) is 28.6. The van der Waals surface area contributed by atoms with Crippen LogP contribution in [0.3, 0.4) is 0 Å². The van der Waals surface area contributed by atoms with E-state index in [4.69, 9.17) is 23.7 Å². The summed E-state index contributed by atoms with van der Waals surface area (Å²) in [6, 6.07) is 0. The second-order valence-corrected chi connectivity index (χ2v) is 16.3. The van der Waals surface area contributed by atoms with Crippen molar-refractivity contribution in [1.82, 2.24) is 0 Å². The number of hydrogen-bond acceptors (Lipinski definition) is 15. The van der Waals surface area contributed by atoms with Crippen molar-refractivity contribution in [2.45, 2.75) is 144 Å². The minimum Gasteiger partial charge on any atom is -0.458 e. The number of aliphatic hydroxyl groups is 9. The van der Waals surface area contributed by atoms with Gasteiger partial charge in [0, 0.05) is 18.1 Å². The maximum Gasteiger partial charge on any atom is 0.331 e. The molecule has 0 aromatic rings. The molecule has 9 N–H and O–H groups in total. The quantitative estimate of drug-likeness (QED) is 0.105. The van der Waals surface area contributed by atoms with Crippen LogP contribution in [0, 0.1) is 34.5 Å². The van der Waals surface area contributed by atoms with Crippen molar-refractivity contribution in [2.24, 2.45) is 34.5 Å². The van der Waals surface area contributed by atoms with E-state index in [9.17, 15) is 50.8 Å². The average Bonchev–Trinajstić information content (AvgIpc) is 3.65. The summed E-state index contributed by atoms with van der Waals surface area (Å²) in [6.07, 6.45) is -9.13. The third-order valence-electron chi connectivity index (χ3n) is 14.3. The van der Waals surface area contributed by atoms with Gasteiger partial charge in [0.2, 0.25) is 0 Å². The number of fused-ring (bicyclic) bond motifs is 5. The van der Waals surface area contributed by atoms with E-state index in [0.29, 0.717) is 44.9 Å². The third kappa shape index (κ3) is 5.54.